The highest BCUT2D eigenvalue weighted by atomic mass is 32.2. The van der Waals surface area contributed by atoms with Gasteiger partial charge in [0.1, 0.15) is 0 Å². The first-order valence-electron chi connectivity index (χ1n) is 6.13. The van der Waals surface area contributed by atoms with Crippen LogP contribution < -0.4 is 10.6 Å². The van der Waals surface area contributed by atoms with Gasteiger partial charge in [-0.2, -0.15) is 0 Å². The number of carbonyl (C=O) groups is 2. The van der Waals surface area contributed by atoms with Gasteiger partial charge in [-0.15, -0.1) is 10.2 Å². The second-order valence-corrected chi connectivity index (χ2v) is 5.11. The number of rotatable bonds is 5. The van der Waals surface area contributed by atoms with Gasteiger partial charge in [-0.05, 0) is 24.3 Å². The van der Waals surface area contributed by atoms with E-state index >= 15 is 0 Å². The van der Waals surface area contributed by atoms with Crippen molar-refractivity contribution in [2.45, 2.75) is 19.1 Å². The molecule has 2 rings (SSSR count). The summed E-state index contributed by atoms with van der Waals surface area (Å²) in [5.74, 6) is 0.322. The number of hydrogen-bond donors (Lipinski definition) is 2. The number of nitrogens with one attached hydrogen (secondary N) is 2. The molecule has 2 N–H and O–H groups in total. The number of carbonyl (C=O) groups excluding carboxylic acids is 2. The van der Waals surface area contributed by atoms with Crippen LogP contribution in [0.1, 0.15) is 12.8 Å². The standard InChI is InChI=1S/C13H14N4O3S/c1-8(18)14-10-3-5-11(6-4-10)15-12(19)7-21-13-17-16-9(2)20-13/h3-6H,7H2,1-2H3,(H,14,18)(H,15,19). The van der Waals surface area contributed by atoms with E-state index in [2.05, 4.69) is 20.8 Å². The minimum atomic E-state index is -0.178. The van der Waals surface area contributed by atoms with Gasteiger partial charge in [0.15, 0.2) is 0 Å². The normalized spacial score (nSPS) is 10.2. The summed E-state index contributed by atoms with van der Waals surface area (Å²) in [5, 5.41) is 13.2. The quantitative estimate of drug-likeness (QED) is 0.821. The van der Waals surface area contributed by atoms with Crippen LogP contribution in [0.2, 0.25) is 0 Å². The predicted molar refractivity (Wildman–Crippen MR) is 79.1 cm³/mol. The lowest BCUT2D eigenvalue weighted by Gasteiger charge is -2.06. The topological polar surface area (TPSA) is 97.1 Å². The molecule has 0 spiro atoms. The second kappa shape index (κ2) is 6.89. The van der Waals surface area contributed by atoms with Gasteiger partial charge in [-0.3, -0.25) is 9.59 Å². The Bertz CT molecular complexity index is 639. The summed E-state index contributed by atoms with van der Waals surface area (Å²) in [5.41, 5.74) is 1.33. The Balaban J connectivity index is 1.83. The number of amides is 2. The summed E-state index contributed by atoms with van der Waals surface area (Å²) in [6, 6.07) is 6.85. The number of aromatic nitrogens is 2. The summed E-state index contributed by atoms with van der Waals surface area (Å²) in [4.78, 5) is 22.7. The number of anilines is 2. The number of thioether (sulfide) groups is 1. The molecule has 1 aromatic carbocycles. The third kappa shape index (κ3) is 4.92. The minimum absolute atomic E-state index is 0.141. The van der Waals surface area contributed by atoms with Gasteiger partial charge >= 0.3 is 0 Å². The Kier molecular flexibility index (Phi) is 4.94. The van der Waals surface area contributed by atoms with Crippen molar-refractivity contribution >= 4 is 35.0 Å². The lowest BCUT2D eigenvalue weighted by Crippen LogP contribution is -2.14. The molecule has 21 heavy (non-hydrogen) atoms. The molecule has 0 bridgehead atoms. The van der Waals surface area contributed by atoms with Crippen molar-refractivity contribution < 1.29 is 14.0 Å². The SMILES string of the molecule is CC(=O)Nc1ccc(NC(=O)CSc2nnc(C)o2)cc1. The van der Waals surface area contributed by atoms with Crippen LogP contribution in [0.25, 0.3) is 0 Å². The van der Waals surface area contributed by atoms with E-state index in [1.54, 1.807) is 31.2 Å². The third-order valence-electron chi connectivity index (χ3n) is 2.32. The molecule has 1 heterocycles. The largest absolute Gasteiger partial charge is 0.416 e. The van der Waals surface area contributed by atoms with Gasteiger partial charge in [0.25, 0.3) is 5.22 Å². The lowest BCUT2D eigenvalue weighted by atomic mass is 10.3. The van der Waals surface area contributed by atoms with E-state index in [1.165, 1.54) is 18.7 Å². The van der Waals surface area contributed by atoms with Crippen LogP contribution in [0.4, 0.5) is 11.4 Å². The maximum absolute atomic E-state index is 11.8. The van der Waals surface area contributed by atoms with Gasteiger partial charge in [0, 0.05) is 25.2 Å². The van der Waals surface area contributed by atoms with E-state index in [-0.39, 0.29) is 17.6 Å². The predicted octanol–water partition coefficient (Wildman–Crippen LogP) is 2.07. The fourth-order valence-electron chi connectivity index (χ4n) is 1.50. The van der Waals surface area contributed by atoms with Crippen molar-refractivity contribution in [2.75, 3.05) is 16.4 Å². The second-order valence-electron chi connectivity index (χ2n) is 4.18. The van der Waals surface area contributed by atoms with Gasteiger partial charge in [-0.25, -0.2) is 0 Å². The maximum atomic E-state index is 11.8. The highest BCUT2D eigenvalue weighted by Crippen LogP contribution is 2.17. The Morgan fingerprint density at radius 3 is 2.29 bits per heavy atom. The maximum Gasteiger partial charge on any atom is 0.277 e. The zero-order valence-corrected chi connectivity index (χ0v) is 12.4. The molecular formula is C13H14N4O3S. The van der Waals surface area contributed by atoms with Crippen LogP contribution in [0.3, 0.4) is 0 Å². The van der Waals surface area contributed by atoms with E-state index < -0.39 is 0 Å². The van der Waals surface area contributed by atoms with Gasteiger partial charge in [0.05, 0.1) is 5.75 Å². The molecular weight excluding hydrogens is 292 g/mol. The van der Waals surface area contributed by atoms with Gasteiger partial charge < -0.3 is 15.1 Å². The Morgan fingerprint density at radius 2 is 1.76 bits per heavy atom. The number of aryl methyl sites for hydroxylation is 1. The zero-order valence-electron chi connectivity index (χ0n) is 11.5. The fraction of sp³-hybridized carbons (Fsp3) is 0.231. The average molecular weight is 306 g/mol. The molecule has 2 amide bonds. The molecule has 0 saturated carbocycles. The molecule has 0 unspecified atom stereocenters. The summed E-state index contributed by atoms with van der Waals surface area (Å²) in [6.07, 6.45) is 0. The van der Waals surface area contributed by atoms with E-state index in [0.717, 1.165) is 0 Å². The monoisotopic (exact) mass is 306 g/mol. The molecule has 8 heteroatoms. The van der Waals surface area contributed by atoms with Crippen LogP contribution in [0.15, 0.2) is 33.9 Å². The molecule has 0 fully saturated rings. The summed E-state index contributed by atoms with van der Waals surface area (Å²) in [6.45, 7) is 3.12. The minimum Gasteiger partial charge on any atom is -0.416 e. The third-order valence-corrected chi connectivity index (χ3v) is 3.14. The summed E-state index contributed by atoms with van der Waals surface area (Å²) < 4.78 is 5.16. The first-order chi connectivity index (χ1) is 10.0. The van der Waals surface area contributed by atoms with E-state index in [4.69, 9.17) is 4.42 Å². The van der Waals surface area contributed by atoms with Crippen LogP contribution in [-0.2, 0) is 9.59 Å². The lowest BCUT2D eigenvalue weighted by molar-refractivity contribution is -0.114. The summed E-state index contributed by atoms with van der Waals surface area (Å²) in [7, 11) is 0. The molecule has 1 aromatic heterocycles. The smallest absolute Gasteiger partial charge is 0.277 e. The van der Waals surface area contributed by atoms with Crippen LogP contribution in [-0.4, -0.2) is 27.8 Å². The van der Waals surface area contributed by atoms with Crippen molar-refractivity contribution in [3.8, 4) is 0 Å². The molecule has 0 aliphatic heterocycles. The summed E-state index contributed by atoms with van der Waals surface area (Å²) >= 11 is 1.17. The van der Waals surface area contributed by atoms with Crippen molar-refractivity contribution in [3.05, 3.63) is 30.2 Å². The highest BCUT2D eigenvalue weighted by molar-refractivity contribution is 7.99. The molecule has 0 atom stereocenters. The Labute approximate surface area is 125 Å². The molecule has 0 aliphatic rings. The first kappa shape index (κ1) is 15.0. The van der Waals surface area contributed by atoms with Crippen LogP contribution in [0, 0.1) is 6.92 Å². The van der Waals surface area contributed by atoms with Crippen LogP contribution in [0.5, 0.6) is 0 Å². The molecule has 2 aromatic rings. The molecule has 7 nitrogen and oxygen atoms in total. The van der Waals surface area contributed by atoms with Crippen molar-refractivity contribution in [2.24, 2.45) is 0 Å². The Morgan fingerprint density at radius 1 is 1.14 bits per heavy atom. The number of hydrogen-bond acceptors (Lipinski definition) is 6. The average Bonchev–Trinajstić information content (AvgIpc) is 2.84. The van der Waals surface area contributed by atoms with Crippen molar-refractivity contribution in [3.63, 3.8) is 0 Å². The van der Waals surface area contributed by atoms with E-state index in [9.17, 15) is 9.59 Å². The number of benzene rings is 1. The van der Waals surface area contributed by atoms with Gasteiger partial charge in [0.2, 0.25) is 17.7 Å². The van der Waals surface area contributed by atoms with Crippen LogP contribution >= 0.6 is 11.8 Å². The van der Waals surface area contributed by atoms with Gasteiger partial charge in [-0.1, -0.05) is 11.8 Å². The molecule has 0 aliphatic carbocycles. The first-order valence-corrected chi connectivity index (χ1v) is 7.12. The van der Waals surface area contributed by atoms with Crippen molar-refractivity contribution in [1.29, 1.82) is 0 Å². The van der Waals surface area contributed by atoms with E-state index in [0.29, 0.717) is 22.5 Å². The van der Waals surface area contributed by atoms with Crippen molar-refractivity contribution in [1.82, 2.24) is 10.2 Å². The highest BCUT2D eigenvalue weighted by Gasteiger charge is 2.08. The molecule has 0 radical (unpaired) electrons. The molecule has 0 saturated heterocycles. The number of nitrogens with zero attached hydrogens (tertiary/aromatic N) is 2. The van der Waals surface area contributed by atoms with E-state index in [1.807, 2.05) is 0 Å². The Hall–Kier alpha value is -2.35. The molecule has 110 valence electrons. The zero-order chi connectivity index (χ0) is 15.2. The fourth-order valence-corrected chi connectivity index (χ4v) is 2.11.